The summed E-state index contributed by atoms with van der Waals surface area (Å²) in [6.45, 7) is 4.26. The fraction of sp³-hybridized carbons (Fsp3) is 0.435. The largest absolute Gasteiger partial charge is 0.490 e. The monoisotopic (exact) mass is 444 g/mol. The lowest BCUT2D eigenvalue weighted by Gasteiger charge is -2.28. The van der Waals surface area contributed by atoms with E-state index in [1.807, 2.05) is 31.2 Å². The van der Waals surface area contributed by atoms with Crippen LogP contribution in [0, 0.1) is 0 Å². The molecule has 1 N–H and O–H groups in total. The molecule has 3 aromatic rings. The van der Waals surface area contributed by atoms with Crippen molar-refractivity contribution < 1.29 is 13.5 Å². The van der Waals surface area contributed by atoms with Crippen LogP contribution in [0.4, 0.5) is 8.78 Å². The lowest BCUT2D eigenvalue weighted by atomic mass is 9.94. The number of fused-ring (bicyclic) bond motifs is 1. The molecule has 0 amide bonds. The van der Waals surface area contributed by atoms with Crippen molar-refractivity contribution in [2.45, 2.75) is 64.6 Å². The zero-order chi connectivity index (χ0) is 22.9. The number of hydrogen-bond acceptors (Lipinski definition) is 4. The van der Waals surface area contributed by atoms with Crippen LogP contribution in [0.1, 0.15) is 50.9 Å². The Balaban J connectivity index is 1.56. The van der Waals surface area contributed by atoms with Crippen LogP contribution in [0.15, 0.2) is 33.9 Å². The molecule has 1 saturated carbocycles. The average Bonchev–Trinajstić information content (AvgIpc) is 3.19. The molecular weight excluding hydrogens is 418 g/mol. The highest BCUT2D eigenvalue weighted by Gasteiger charge is 2.35. The molecule has 9 heteroatoms. The van der Waals surface area contributed by atoms with Gasteiger partial charge in [0, 0.05) is 25.9 Å². The first-order valence-electron chi connectivity index (χ1n) is 10.9. The fourth-order valence-corrected chi connectivity index (χ4v) is 4.02. The van der Waals surface area contributed by atoms with Crippen molar-refractivity contribution in [3.8, 4) is 5.75 Å². The quantitative estimate of drug-likeness (QED) is 0.622. The summed E-state index contributed by atoms with van der Waals surface area (Å²) in [6, 6.07) is 7.35. The molecule has 0 aliphatic heterocycles. The molecule has 1 fully saturated rings. The molecule has 0 spiro atoms. The van der Waals surface area contributed by atoms with Gasteiger partial charge in [0.05, 0.1) is 6.10 Å². The number of aromatic amines is 1. The van der Waals surface area contributed by atoms with Gasteiger partial charge in [0.25, 0.3) is 5.56 Å². The molecule has 4 rings (SSSR count). The Morgan fingerprint density at radius 3 is 2.56 bits per heavy atom. The highest BCUT2D eigenvalue weighted by Crippen LogP contribution is 2.34. The van der Waals surface area contributed by atoms with Crippen LogP contribution in [0.2, 0.25) is 0 Å². The second kappa shape index (κ2) is 8.72. The number of H-pyrrole nitrogens is 1. The predicted octanol–water partition coefficient (Wildman–Crippen LogP) is 4.05. The minimum Gasteiger partial charge on any atom is -0.490 e. The van der Waals surface area contributed by atoms with E-state index in [0.29, 0.717) is 42.1 Å². The van der Waals surface area contributed by atoms with Gasteiger partial charge in [0.1, 0.15) is 17.1 Å². The highest BCUT2D eigenvalue weighted by molar-refractivity contribution is 5.75. The first-order chi connectivity index (χ1) is 15.3. The number of benzene rings is 1. The van der Waals surface area contributed by atoms with Crippen molar-refractivity contribution in [1.82, 2.24) is 19.1 Å². The number of nitrogens with one attached hydrogen (secondary N) is 1. The van der Waals surface area contributed by atoms with Gasteiger partial charge in [-0.3, -0.25) is 13.9 Å². The summed E-state index contributed by atoms with van der Waals surface area (Å²) in [5.41, 5.74) is 0.692. The summed E-state index contributed by atoms with van der Waals surface area (Å²) in [4.78, 5) is 32.5. The van der Waals surface area contributed by atoms with Crippen LogP contribution in [0.25, 0.3) is 23.3 Å². The number of nitrogens with zero attached hydrogens (tertiary/aromatic N) is 3. The molecule has 170 valence electrons. The van der Waals surface area contributed by atoms with Gasteiger partial charge in [-0.25, -0.2) is 18.6 Å². The first-order valence-corrected chi connectivity index (χ1v) is 10.9. The summed E-state index contributed by atoms with van der Waals surface area (Å²) in [5.74, 6) is -1.51. The van der Waals surface area contributed by atoms with E-state index in [1.165, 1.54) is 9.13 Å². The normalized spacial score (nSPS) is 16.8. The van der Waals surface area contributed by atoms with Crippen LogP contribution >= 0.6 is 0 Å². The summed E-state index contributed by atoms with van der Waals surface area (Å²) >= 11 is 0. The second-order valence-electron chi connectivity index (χ2n) is 7.98. The summed E-state index contributed by atoms with van der Waals surface area (Å²) < 4.78 is 35.2. The highest BCUT2D eigenvalue weighted by atomic mass is 19.3. The molecule has 2 heterocycles. The third-order valence-corrected chi connectivity index (χ3v) is 5.77. The Bertz CT molecular complexity index is 1260. The van der Waals surface area contributed by atoms with Gasteiger partial charge in [0.15, 0.2) is 5.65 Å². The van der Waals surface area contributed by atoms with E-state index >= 15 is 0 Å². The van der Waals surface area contributed by atoms with Crippen LogP contribution in [0.3, 0.4) is 0 Å². The maximum Gasteiger partial charge on any atom is 0.332 e. The van der Waals surface area contributed by atoms with Gasteiger partial charge in [-0.2, -0.15) is 0 Å². The number of halogens is 2. The minimum atomic E-state index is -2.58. The maximum absolute atomic E-state index is 13.3. The van der Waals surface area contributed by atoms with E-state index in [-0.39, 0.29) is 31.2 Å². The van der Waals surface area contributed by atoms with Crippen LogP contribution < -0.4 is 16.0 Å². The van der Waals surface area contributed by atoms with Gasteiger partial charge in [-0.15, -0.1) is 0 Å². The maximum atomic E-state index is 13.3. The van der Waals surface area contributed by atoms with Crippen molar-refractivity contribution in [2.24, 2.45) is 0 Å². The molecule has 2 aromatic heterocycles. The minimum absolute atomic E-state index is 0.147. The fourth-order valence-electron chi connectivity index (χ4n) is 4.02. The number of rotatable bonds is 6. The Morgan fingerprint density at radius 2 is 1.88 bits per heavy atom. The van der Waals surface area contributed by atoms with E-state index in [0.717, 1.165) is 5.56 Å². The van der Waals surface area contributed by atoms with Gasteiger partial charge in [0.2, 0.25) is 5.92 Å². The zero-order valence-electron chi connectivity index (χ0n) is 18.1. The lowest BCUT2D eigenvalue weighted by molar-refractivity contribution is -0.0582. The molecule has 32 heavy (non-hydrogen) atoms. The molecule has 1 aromatic carbocycles. The number of imidazole rings is 1. The van der Waals surface area contributed by atoms with Gasteiger partial charge in [-0.1, -0.05) is 18.2 Å². The topological polar surface area (TPSA) is 81.9 Å². The van der Waals surface area contributed by atoms with Crippen molar-refractivity contribution in [3.63, 3.8) is 0 Å². The standard InChI is InChI=1S/C23H26F2N4O3/c1-3-28-20-19(21(30)29(4-2)22(28)31)26-18(27-20)9-8-15-6-5-7-17(14-15)32-16-10-12-23(24,25)13-11-16/h5-9,14,16H,3-4,10-13H2,1-2H3,(H,26,27). The molecule has 7 nitrogen and oxygen atoms in total. The Labute approximate surface area is 183 Å². The molecule has 1 aliphatic rings. The van der Waals surface area contributed by atoms with E-state index in [1.54, 1.807) is 19.1 Å². The Hall–Kier alpha value is -3.23. The summed E-state index contributed by atoms with van der Waals surface area (Å²) in [7, 11) is 0. The average molecular weight is 444 g/mol. The lowest BCUT2D eigenvalue weighted by Crippen LogP contribution is -2.39. The van der Waals surface area contributed by atoms with Crippen molar-refractivity contribution >= 4 is 23.3 Å². The number of alkyl halides is 2. The van der Waals surface area contributed by atoms with Gasteiger partial charge in [-0.05, 0) is 50.5 Å². The Morgan fingerprint density at radius 1 is 1.16 bits per heavy atom. The van der Waals surface area contributed by atoms with Gasteiger partial charge < -0.3 is 9.72 Å². The first kappa shape index (κ1) is 22.0. The number of aromatic nitrogens is 4. The van der Waals surface area contributed by atoms with Crippen molar-refractivity contribution in [2.75, 3.05) is 0 Å². The summed E-state index contributed by atoms with van der Waals surface area (Å²) in [5, 5.41) is 0. The van der Waals surface area contributed by atoms with E-state index in [2.05, 4.69) is 9.97 Å². The SMILES string of the molecule is CCn1c(=O)c2[nH]c(C=Cc3cccc(OC4CCC(F)(F)CC4)c3)nc2n(CC)c1=O. The molecule has 0 atom stereocenters. The molecular formula is C23H26F2N4O3. The van der Waals surface area contributed by atoms with Crippen LogP contribution in [-0.2, 0) is 13.1 Å². The number of ether oxygens (including phenoxy) is 1. The van der Waals surface area contributed by atoms with Crippen LogP contribution in [-0.4, -0.2) is 31.1 Å². The van der Waals surface area contributed by atoms with E-state index in [9.17, 15) is 18.4 Å². The predicted molar refractivity (Wildman–Crippen MR) is 119 cm³/mol. The number of aryl methyl sites for hydroxylation is 1. The van der Waals surface area contributed by atoms with Crippen molar-refractivity contribution in [3.05, 3.63) is 56.5 Å². The molecule has 0 saturated heterocycles. The zero-order valence-corrected chi connectivity index (χ0v) is 18.1. The molecule has 1 aliphatic carbocycles. The van der Waals surface area contributed by atoms with Crippen molar-refractivity contribution in [1.29, 1.82) is 0 Å². The molecule has 0 bridgehead atoms. The third-order valence-electron chi connectivity index (χ3n) is 5.77. The smallest absolute Gasteiger partial charge is 0.332 e. The van der Waals surface area contributed by atoms with E-state index < -0.39 is 11.5 Å². The van der Waals surface area contributed by atoms with E-state index in [4.69, 9.17) is 4.74 Å². The molecule has 0 radical (unpaired) electrons. The summed E-state index contributed by atoms with van der Waals surface area (Å²) in [6.07, 6.45) is 3.70. The second-order valence-corrected chi connectivity index (χ2v) is 7.98. The molecule has 0 unspecified atom stereocenters. The van der Waals surface area contributed by atoms with Crippen LogP contribution in [0.5, 0.6) is 5.75 Å². The van der Waals surface area contributed by atoms with Gasteiger partial charge >= 0.3 is 5.69 Å². The number of hydrogen-bond donors (Lipinski definition) is 1. The third kappa shape index (κ3) is 4.37. The Kier molecular flexibility index (Phi) is 5.99.